The van der Waals surface area contributed by atoms with E-state index < -0.39 is 5.91 Å². The average molecular weight is 263 g/mol. The van der Waals surface area contributed by atoms with Gasteiger partial charge in [0.05, 0.1) is 0 Å². The molecule has 0 aliphatic rings. The molecule has 0 fully saturated rings. The number of anilines is 1. The fourth-order valence-corrected chi connectivity index (χ4v) is 2.24. The SMILES string of the molecule is Cn1c(N)nnc1SCc1ccc(C(N)=O)cc1. The second-order valence-corrected chi connectivity index (χ2v) is 4.69. The number of rotatable bonds is 4. The summed E-state index contributed by atoms with van der Waals surface area (Å²) in [6, 6.07) is 7.16. The Hall–Kier alpha value is -2.02. The number of hydrogen-bond acceptors (Lipinski definition) is 5. The van der Waals surface area contributed by atoms with Crippen LogP contribution in [0, 0.1) is 0 Å². The van der Waals surface area contributed by atoms with E-state index in [0.29, 0.717) is 11.5 Å². The first-order chi connectivity index (χ1) is 8.58. The summed E-state index contributed by atoms with van der Waals surface area (Å²) in [5.74, 6) is 0.697. The molecule has 1 aromatic heterocycles. The van der Waals surface area contributed by atoms with Crippen molar-refractivity contribution in [3.8, 4) is 0 Å². The summed E-state index contributed by atoms with van der Waals surface area (Å²) in [5, 5.41) is 8.48. The van der Waals surface area contributed by atoms with Gasteiger partial charge in [0, 0.05) is 18.4 Å². The van der Waals surface area contributed by atoms with Gasteiger partial charge in [-0.3, -0.25) is 9.36 Å². The van der Waals surface area contributed by atoms with Crippen molar-refractivity contribution in [2.75, 3.05) is 5.73 Å². The standard InChI is InChI=1S/C11H13N5OS/c1-16-10(13)14-15-11(16)18-6-7-2-4-8(5-3-7)9(12)17/h2-5H,6H2,1H3,(H2,12,17)(H2,13,14). The lowest BCUT2D eigenvalue weighted by molar-refractivity contribution is 0.100. The summed E-state index contributed by atoms with van der Waals surface area (Å²) in [4.78, 5) is 10.9. The summed E-state index contributed by atoms with van der Waals surface area (Å²) in [6.45, 7) is 0. The maximum atomic E-state index is 10.9. The summed E-state index contributed by atoms with van der Waals surface area (Å²) >= 11 is 1.53. The summed E-state index contributed by atoms with van der Waals surface area (Å²) in [7, 11) is 1.81. The van der Waals surface area contributed by atoms with Crippen molar-refractivity contribution in [3.63, 3.8) is 0 Å². The van der Waals surface area contributed by atoms with Crippen LogP contribution in [0.25, 0.3) is 0 Å². The zero-order valence-electron chi connectivity index (χ0n) is 9.83. The van der Waals surface area contributed by atoms with Crippen LogP contribution in [0.1, 0.15) is 15.9 Å². The molecule has 1 aromatic carbocycles. The maximum Gasteiger partial charge on any atom is 0.248 e. The first kappa shape index (κ1) is 12.4. The van der Waals surface area contributed by atoms with Crippen LogP contribution in [0.4, 0.5) is 5.95 Å². The fourth-order valence-electron chi connectivity index (χ4n) is 1.36. The van der Waals surface area contributed by atoms with Crippen LogP contribution in [-0.2, 0) is 12.8 Å². The molecule has 0 aliphatic heterocycles. The third kappa shape index (κ3) is 2.62. The highest BCUT2D eigenvalue weighted by Crippen LogP contribution is 2.21. The van der Waals surface area contributed by atoms with E-state index in [1.54, 1.807) is 16.7 Å². The smallest absolute Gasteiger partial charge is 0.248 e. The Morgan fingerprint density at radius 3 is 2.50 bits per heavy atom. The molecule has 7 heteroatoms. The number of aromatic nitrogens is 3. The highest BCUT2D eigenvalue weighted by atomic mass is 32.2. The molecular weight excluding hydrogens is 250 g/mol. The molecule has 0 aliphatic carbocycles. The molecule has 1 heterocycles. The van der Waals surface area contributed by atoms with Crippen LogP contribution >= 0.6 is 11.8 Å². The predicted molar refractivity (Wildman–Crippen MR) is 69.9 cm³/mol. The molecule has 2 aromatic rings. The largest absolute Gasteiger partial charge is 0.368 e. The minimum Gasteiger partial charge on any atom is -0.368 e. The van der Waals surface area contributed by atoms with Gasteiger partial charge in [0.25, 0.3) is 0 Å². The van der Waals surface area contributed by atoms with Crippen LogP contribution < -0.4 is 11.5 Å². The molecule has 2 rings (SSSR count). The Balaban J connectivity index is 2.02. The first-order valence-corrected chi connectivity index (χ1v) is 6.23. The molecular formula is C11H13N5OS. The van der Waals surface area contributed by atoms with Crippen molar-refractivity contribution in [2.24, 2.45) is 12.8 Å². The topological polar surface area (TPSA) is 99.8 Å². The lowest BCUT2D eigenvalue weighted by Gasteiger charge is -2.02. The van der Waals surface area contributed by atoms with E-state index >= 15 is 0 Å². The quantitative estimate of drug-likeness (QED) is 0.794. The number of hydrogen-bond donors (Lipinski definition) is 2. The number of carbonyl (C=O) groups is 1. The summed E-state index contributed by atoms with van der Waals surface area (Å²) < 4.78 is 1.72. The molecule has 6 nitrogen and oxygen atoms in total. The number of amides is 1. The molecule has 0 saturated carbocycles. The number of benzene rings is 1. The average Bonchev–Trinajstić information content (AvgIpc) is 2.68. The van der Waals surface area contributed by atoms with E-state index in [9.17, 15) is 4.79 Å². The van der Waals surface area contributed by atoms with Gasteiger partial charge in [-0.1, -0.05) is 23.9 Å². The highest BCUT2D eigenvalue weighted by molar-refractivity contribution is 7.98. The predicted octanol–water partition coefficient (Wildman–Crippen LogP) is 0.788. The summed E-state index contributed by atoms with van der Waals surface area (Å²) in [5.41, 5.74) is 12.3. The molecule has 1 amide bonds. The van der Waals surface area contributed by atoms with Crippen molar-refractivity contribution in [2.45, 2.75) is 10.9 Å². The highest BCUT2D eigenvalue weighted by Gasteiger charge is 2.06. The van der Waals surface area contributed by atoms with Gasteiger partial charge in [-0.2, -0.15) is 0 Å². The first-order valence-electron chi connectivity index (χ1n) is 5.24. The monoisotopic (exact) mass is 263 g/mol. The zero-order chi connectivity index (χ0) is 13.1. The van der Waals surface area contributed by atoms with E-state index in [4.69, 9.17) is 11.5 Å². The minimum absolute atomic E-state index is 0.390. The van der Waals surface area contributed by atoms with Crippen molar-refractivity contribution >= 4 is 23.6 Å². The molecule has 0 saturated heterocycles. The fraction of sp³-hybridized carbons (Fsp3) is 0.182. The second-order valence-electron chi connectivity index (χ2n) is 3.75. The molecule has 0 atom stereocenters. The van der Waals surface area contributed by atoms with Crippen molar-refractivity contribution in [1.82, 2.24) is 14.8 Å². The normalized spacial score (nSPS) is 10.5. The third-order valence-corrected chi connectivity index (χ3v) is 3.57. The minimum atomic E-state index is -0.421. The van der Waals surface area contributed by atoms with Gasteiger partial charge in [-0.05, 0) is 17.7 Å². The van der Waals surface area contributed by atoms with E-state index in [1.165, 1.54) is 11.8 Å². The number of nitrogens with zero attached hydrogens (tertiary/aromatic N) is 3. The van der Waals surface area contributed by atoms with Gasteiger partial charge >= 0.3 is 0 Å². The number of nitrogens with two attached hydrogens (primary N) is 2. The van der Waals surface area contributed by atoms with Crippen LogP contribution in [0.5, 0.6) is 0 Å². The van der Waals surface area contributed by atoms with Gasteiger partial charge < -0.3 is 11.5 Å². The van der Waals surface area contributed by atoms with Gasteiger partial charge in [0.1, 0.15) is 0 Å². The van der Waals surface area contributed by atoms with Crippen LogP contribution in [-0.4, -0.2) is 20.7 Å². The van der Waals surface area contributed by atoms with E-state index in [-0.39, 0.29) is 0 Å². The second kappa shape index (κ2) is 5.09. The van der Waals surface area contributed by atoms with E-state index in [0.717, 1.165) is 16.5 Å². The number of carbonyl (C=O) groups excluding carboxylic acids is 1. The lowest BCUT2D eigenvalue weighted by Crippen LogP contribution is -2.10. The van der Waals surface area contributed by atoms with Crippen molar-refractivity contribution in [3.05, 3.63) is 35.4 Å². The Labute approximate surface area is 108 Å². The van der Waals surface area contributed by atoms with Gasteiger partial charge in [0.15, 0.2) is 5.16 Å². The number of thioether (sulfide) groups is 1. The number of primary amides is 1. The molecule has 94 valence electrons. The van der Waals surface area contributed by atoms with E-state index in [2.05, 4.69) is 10.2 Å². The van der Waals surface area contributed by atoms with Crippen LogP contribution in [0.2, 0.25) is 0 Å². The van der Waals surface area contributed by atoms with Gasteiger partial charge in [-0.15, -0.1) is 10.2 Å². The summed E-state index contributed by atoms with van der Waals surface area (Å²) in [6.07, 6.45) is 0. The Bertz CT molecular complexity index is 563. The molecule has 0 bridgehead atoms. The Morgan fingerprint density at radius 2 is 2.00 bits per heavy atom. The van der Waals surface area contributed by atoms with Crippen molar-refractivity contribution < 1.29 is 4.79 Å². The lowest BCUT2D eigenvalue weighted by atomic mass is 10.1. The zero-order valence-corrected chi connectivity index (χ0v) is 10.6. The maximum absolute atomic E-state index is 10.9. The molecule has 0 spiro atoms. The van der Waals surface area contributed by atoms with E-state index in [1.807, 2.05) is 19.2 Å². The van der Waals surface area contributed by atoms with Crippen LogP contribution in [0.3, 0.4) is 0 Å². The molecule has 0 unspecified atom stereocenters. The Morgan fingerprint density at radius 1 is 1.33 bits per heavy atom. The number of nitrogen functional groups attached to an aromatic ring is 1. The van der Waals surface area contributed by atoms with Gasteiger partial charge in [-0.25, -0.2) is 0 Å². The van der Waals surface area contributed by atoms with Crippen molar-refractivity contribution in [1.29, 1.82) is 0 Å². The molecule has 0 radical (unpaired) electrons. The Kier molecular flexibility index (Phi) is 3.52. The molecule has 4 N–H and O–H groups in total. The third-order valence-electron chi connectivity index (χ3n) is 2.47. The van der Waals surface area contributed by atoms with Crippen LogP contribution in [0.15, 0.2) is 29.4 Å². The van der Waals surface area contributed by atoms with Gasteiger partial charge in [0.2, 0.25) is 11.9 Å². The molecule has 18 heavy (non-hydrogen) atoms.